The summed E-state index contributed by atoms with van der Waals surface area (Å²) in [6.45, 7) is 8.77. The van der Waals surface area contributed by atoms with E-state index >= 15 is 0 Å². The topological polar surface area (TPSA) is 98.5 Å². The van der Waals surface area contributed by atoms with E-state index in [9.17, 15) is 19.7 Å². The van der Waals surface area contributed by atoms with Crippen molar-refractivity contribution in [3.63, 3.8) is 0 Å². The molecule has 7 nitrogen and oxygen atoms in total. The van der Waals surface area contributed by atoms with Crippen molar-refractivity contribution in [1.29, 1.82) is 0 Å². The second-order valence-corrected chi connectivity index (χ2v) is 5.74. The molecule has 0 aliphatic heterocycles. The van der Waals surface area contributed by atoms with Gasteiger partial charge in [-0.15, -0.1) is 13.2 Å². The number of hydrogen-bond donors (Lipinski definition) is 1. The van der Waals surface area contributed by atoms with Crippen LogP contribution in [0.1, 0.15) is 25.3 Å². The number of carbonyl (C=O) groups is 2. The van der Waals surface area contributed by atoms with Gasteiger partial charge in [0.15, 0.2) is 0 Å². The summed E-state index contributed by atoms with van der Waals surface area (Å²) in [6.07, 6.45) is 2.42. The summed E-state index contributed by atoms with van der Waals surface area (Å²) in [4.78, 5) is 35.9. The summed E-state index contributed by atoms with van der Waals surface area (Å²) in [5.74, 6) is -1.50. The molecule has 1 rings (SSSR count). The lowest BCUT2D eigenvalue weighted by molar-refractivity contribution is -0.551. The maximum Gasteiger partial charge on any atom is 0.328 e. The molecule has 0 saturated heterocycles. The Bertz CT molecular complexity index is 647. The number of hydrogen-bond acceptors (Lipinski definition) is 5. The number of ether oxygens (including phenoxy) is 1. The van der Waals surface area contributed by atoms with Crippen LogP contribution in [0.3, 0.4) is 0 Å². The van der Waals surface area contributed by atoms with Gasteiger partial charge in [-0.25, -0.2) is 4.79 Å². The summed E-state index contributed by atoms with van der Waals surface area (Å²) in [5, 5.41) is 14.1. The number of nitrogens with zero attached hydrogens (tertiary/aromatic N) is 1. The fourth-order valence-electron chi connectivity index (χ4n) is 2.56. The van der Waals surface area contributed by atoms with E-state index in [1.54, 1.807) is 31.2 Å². The lowest BCUT2D eigenvalue weighted by Gasteiger charge is -2.25. The van der Waals surface area contributed by atoms with Crippen LogP contribution in [0.5, 0.6) is 0 Å². The third kappa shape index (κ3) is 5.27. The molecule has 0 unspecified atom stereocenters. The zero-order valence-corrected chi connectivity index (χ0v) is 14.8. The Hall–Kier alpha value is -2.96. The Morgan fingerprint density at radius 1 is 1.27 bits per heavy atom. The van der Waals surface area contributed by atoms with Gasteiger partial charge in [0.2, 0.25) is 0 Å². The maximum absolute atomic E-state index is 12.7. The second-order valence-electron chi connectivity index (χ2n) is 5.74. The van der Waals surface area contributed by atoms with Gasteiger partial charge in [-0.1, -0.05) is 42.5 Å². The van der Waals surface area contributed by atoms with Gasteiger partial charge in [-0.2, -0.15) is 0 Å². The molecule has 1 aromatic rings. The SMILES string of the molecule is C=CCC(CC=C)(C(=O)N[C@@H](Cc1ccccc1)C(=O)OCC)[N+](=O)[O-]. The predicted octanol–water partition coefficient (Wildman–Crippen LogP) is 2.44. The Balaban J connectivity index is 3.11. The molecule has 0 aromatic heterocycles. The minimum atomic E-state index is -1.95. The van der Waals surface area contributed by atoms with E-state index in [0.717, 1.165) is 5.56 Å². The van der Waals surface area contributed by atoms with Crippen molar-refractivity contribution in [3.8, 4) is 0 Å². The van der Waals surface area contributed by atoms with E-state index in [2.05, 4.69) is 18.5 Å². The van der Waals surface area contributed by atoms with Crippen molar-refractivity contribution in [2.45, 2.75) is 37.8 Å². The molecule has 1 N–H and O–H groups in total. The molecule has 0 radical (unpaired) electrons. The zero-order valence-electron chi connectivity index (χ0n) is 14.8. The molecule has 1 amide bonds. The smallest absolute Gasteiger partial charge is 0.328 e. The molecule has 0 aliphatic rings. The van der Waals surface area contributed by atoms with Crippen LogP contribution in [0.25, 0.3) is 0 Å². The van der Waals surface area contributed by atoms with Gasteiger partial charge in [0.05, 0.1) is 6.61 Å². The molecule has 0 aliphatic carbocycles. The Morgan fingerprint density at radius 3 is 2.31 bits per heavy atom. The highest BCUT2D eigenvalue weighted by molar-refractivity contribution is 5.90. The Morgan fingerprint density at radius 2 is 1.85 bits per heavy atom. The van der Waals surface area contributed by atoms with Gasteiger partial charge >= 0.3 is 11.5 Å². The molecule has 140 valence electrons. The van der Waals surface area contributed by atoms with Crippen molar-refractivity contribution in [2.24, 2.45) is 0 Å². The number of amides is 1. The normalized spacial score (nSPS) is 11.9. The van der Waals surface area contributed by atoms with Crippen LogP contribution >= 0.6 is 0 Å². The van der Waals surface area contributed by atoms with Crippen molar-refractivity contribution in [3.05, 3.63) is 71.3 Å². The summed E-state index contributed by atoms with van der Waals surface area (Å²) < 4.78 is 5.01. The van der Waals surface area contributed by atoms with Crippen LogP contribution in [0, 0.1) is 10.1 Å². The quantitative estimate of drug-likeness (QED) is 0.283. The molecule has 1 aromatic carbocycles. The van der Waals surface area contributed by atoms with Gasteiger partial charge in [0.1, 0.15) is 6.04 Å². The molecule has 0 spiro atoms. The molecule has 0 saturated carbocycles. The van der Waals surface area contributed by atoms with Crippen LogP contribution in [0.4, 0.5) is 0 Å². The highest BCUT2D eigenvalue weighted by atomic mass is 16.6. The van der Waals surface area contributed by atoms with E-state index in [1.807, 2.05) is 6.07 Å². The maximum atomic E-state index is 12.7. The monoisotopic (exact) mass is 360 g/mol. The van der Waals surface area contributed by atoms with Gasteiger partial charge in [0, 0.05) is 24.2 Å². The van der Waals surface area contributed by atoms with Gasteiger partial charge in [-0.3, -0.25) is 14.9 Å². The number of esters is 1. The molecule has 7 heteroatoms. The van der Waals surface area contributed by atoms with Crippen LogP contribution < -0.4 is 5.32 Å². The fraction of sp³-hybridized carbons (Fsp3) is 0.368. The highest BCUT2D eigenvalue weighted by Gasteiger charge is 2.49. The molecular weight excluding hydrogens is 336 g/mol. The average molecular weight is 360 g/mol. The average Bonchev–Trinajstić information content (AvgIpc) is 2.61. The zero-order chi connectivity index (χ0) is 19.6. The number of benzene rings is 1. The summed E-state index contributed by atoms with van der Waals surface area (Å²) >= 11 is 0. The minimum absolute atomic E-state index is 0.139. The molecule has 26 heavy (non-hydrogen) atoms. The van der Waals surface area contributed by atoms with Crippen molar-refractivity contribution in [1.82, 2.24) is 5.32 Å². The molecule has 0 fully saturated rings. The Labute approximate surface area is 152 Å². The van der Waals surface area contributed by atoms with Gasteiger partial charge < -0.3 is 10.1 Å². The van der Waals surface area contributed by atoms with E-state index in [4.69, 9.17) is 4.74 Å². The third-order valence-corrected chi connectivity index (χ3v) is 3.90. The number of rotatable bonds is 11. The summed E-state index contributed by atoms with van der Waals surface area (Å²) in [5.41, 5.74) is -1.16. The second kappa shape index (κ2) is 10.1. The van der Waals surface area contributed by atoms with Crippen molar-refractivity contribution < 1.29 is 19.2 Å². The van der Waals surface area contributed by atoms with E-state index in [-0.39, 0.29) is 25.9 Å². The first-order valence-corrected chi connectivity index (χ1v) is 8.29. The van der Waals surface area contributed by atoms with Gasteiger partial charge in [0.25, 0.3) is 5.91 Å². The summed E-state index contributed by atoms with van der Waals surface area (Å²) in [6, 6.07) is 8.00. The van der Waals surface area contributed by atoms with E-state index in [1.165, 1.54) is 12.2 Å². The molecular formula is C19H24N2O5. The molecule has 0 bridgehead atoms. The van der Waals surface area contributed by atoms with Crippen molar-refractivity contribution >= 4 is 11.9 Å². The molecule has 0 heterocycles. The lowest BCUT2D eigenvalue weighted by Crippen LogP contribution is -2.56. The molecule has 1 atom stereocenters. The standard InChI is InChI=1S/C19H24N2O5/c1-4-12-19(13-5-2,21(24)25)18(23)20-16(17(22)26-6-3)14-15-10-8-7-9-11-15/h4-5,7-11,16H,1-2,6,12-14H2,3H3,(H,20,23)/t16-/m0/s1. The van der Waals surface area contributed by atoms with Crippen LogP contribution in [0.15, 0.2) is 55.6 Å². The highest BCUT2D eigenvalue weighted by Crippen LogP contribution is 2.22. The third-order valence-electron chi connectivity index (χ3n) is 3.90. The van der Waals surface area contributed by atoms with Gasteiger partial charge in [-0.05, 0) is 12.5 Å². The summed E-state index contributed by atoms with van der Waals surface area (Å²) in [7, 11) is 0. The number of nitro groups is 1. The fourth-order valence-corrected chi connectivity index (χ4v) is 2.56. The predicted molar refractivity (Wildman–Crippen MR) is 98.1 cm³/mol. The first-order valence-electron chi connectivity index (χ1n) is 8.29. The largest absolute Gasteiger partial charge is 0.464 e. The number of nitrogens with one attached hydrogen (secondary N) is 1. The first kappa shape index (κ1) is 21.1. The van der Waals surface area contributed by atoms with E-state index < -0.39 is 28.4 Å². The first-order chi connectivity index (χ1) is 12.4. The van der Waals surface area contributed by atoms with E-state index in [0.29, 0.717) is 0 Å². The van der Waals surface area contributed by atoms with Crippen LogP contribution in [0.2, 0.25) is 0 Å². The van der Waals surface area contributed by atoms with Crippen LogP contribution in [-0.4, -0.2) is 35.0 Å². The number of carbonyl (C=O) groups excluding carboxylic acids is 2. The minimum Gasteiger partial charge on any atom is -0.464 e. The van der Waals surface area contributed by atoms with Crippen molar-refractivity contribution in [2.75, 3.05) is 6.61 Å². The lowest BCUT2D eigenvalue weighted by atomic mass is 9.90. The Kier molecular flexibility index (Phi) is 8.21. The van der Waals surface area contributed by atoms with Crippen LogP contribution in [-0.2, 0) is 20.7 Å².